The predicted molar refractivity (Wildman–Crippen MR) is 104 cm³/mol. The summed E-state index contributed by atoms with van der Waals surface area (Å²) in [6, 6.07) is 18.2. The maximum atomic E-state index is 12.1. The van der Waals surface area contributed by atoms with Crippen LogP contribution in [0.5, 0.6) is 0 Å². The summed E-state index contributed by atoms with van der Waals surface area (Å²) in [4.78, 5) is 24.9. The van der Waals surface area contributed by atoms with Crippen LogP contribution in [0.4, 0.5) is 0 Å². The number of rotatable bonds is 5. The van der Waals surface area contributed by atoms with Gasteiger partial charge >= 0.3 is 0 Å². The molecule has 0 unspecified atom stereocenters. The summed E-state index contributed by atoms with van der Waals surface area (Å²) in [6.07, 6.45) is 3.85. The van der Waals surface area contributed by atoms with Gasteiger partial charge in [0.15, 0.2) is 0 Å². The van der Waals surface area contributed by atoms with Gasteiger partial charge in [0.2, 0.25) is 5.91 Å². The Kier molecular flexibility index (Phi) is 5.99. The fourth-order valence-electron chi connectivity index (χ4n) is 2.21. The van der Waals surface area contributed by atoms with E-state index in [1.165, 1.54) is 11.8 Å². The topological polar surface area (TPSA) is 63.1 Å². The van der Waals surface area contributed by atoms with Crippen LogP contribution in [0.15, 0.2) is 78.0 Å². The molecule has 132 valence electrons. The van der Waals surface area contributed by atoms with Crippen molar-refractivity contribution in [3.05, 3.63) is 83.6 Å². The first-order valence-corrected chi connectivity index (χ1v) is 9.19. The van der Waals surface area contributed by atoms with Crippen molar-refractivity contribution in [3.63, 3.8) is 0 Å². The monoisotopic (exact) mass is 385 g/mol. The summed E-state index contributed by atoms with van der Waals surface area (Å²) in [6.45, 7) is 0. The molecule has 0 saturated carbocycles. The van der Waals surface area contributed by atoms with E-state index in [9.17, 15) is 9.59 Å². The number of thioether (sulfide) groups is 1. The third-order valence-electron chi connectivity index (χ3n) is 3.53. The number of carbonyl (C=O) groups is 2. The zero-order valence-electron chi connectivity index (χ0n) is 13.7. The Morgan fingerprint density at radius 2 is 1.58 bits per heavy atom. The molecular formula is C19H16ClN3O2S. The fraction of sp³-hybridized carbons (Fsp3) is 0.0526. The number of carbonyl (C=O) groups excluding carboxylic acids is 2. The lowest BCUT2D eigenvalue weighted by molar-refractivity contribution is -0.119. The quantitative estimate of drug-likeness (QED) is 0.520. The van der Waals surface area contributed by atoms with Gasteiger partial charge in [-0.1, -0.05) is 11.6 Å². The lowest BCUT2D eigenvalue weighted by Gasteiger charge is -2.08. The number of amides is 2. The van der Waals surface area contributed by atoms with E-state index < -0.39 is 0 Å². The summed E-state index contributed by atoms with van der Waals surface area (Å²) in [5.41, 5.74) is 6.25. The lowest BCUT2D eigenvalue weighted by atomic mass is 10.2. The number of nitrogens with zero attached hydrogens (tertiary/aromatic N) is 1. The highest BCUT2D eigenvalue weighted by atomic mass is 35.5. The van der Waals surface area contributed by atoms with Crippen molar-refractivity contribution in [1.82, 2.24) is 15.4 Å². The highest BCUT2D eigenvalue weighted by Crippen LogP contribution is 2.19. The molecule has 0 spiro atoms. The highest BCUT2D eigenvalue weighted by molar-refractivity contribution is 8.00. The Hall–Kier alpha value is -2.70. The van der Waals surface area contributed by atoms with Crippen molar-refractivity contribution >= 4 is 35.2 Å². The van der Waals surface area contributed by atoms with Crippen molar-refractivity contribution in [1.29, 1.82) is 0 Å². The highest BCUT2D eigenvalue weighted by Gasteiger charge is 2.08. The molecule has 0 saturated heterocycles. The van der Waals surface area contributed by atoms with E-state index in [1.807, 2.05) is 53.4 Å². The minimum absolute atomic E-state index is 0.189. The third-order valence-corrected chi connectivity index (χ3v) is 4.80. The second-order valence-electron chi connectivity index (χ2n) is 5.38. The van der Waals surface area contributed by atoms with E-state index in [0.717, 1.165) is 10.6 Å². The number of halogens is 1. The molecule has 26 heavy (non-hydrogen) atoms. The molecule has 2 amide bonds. The zero-order valence-corrected chi connectivity index (χ0v) is 15.3. The molecule has 2 N–H and O–H groups in total. The van der Waals surface area contributed by atoms with Crippen LogP contribution in [0.25, 0.3) is 5.69 Å². The number of nitrogens with one attached hydrogen (secondary N) is 2. The number of benzene rings is 2. The van der Waals surface area contributed by atoms with Gasteiger partial charge in [-0.15, -0.1) is 11.8 Å². The van der Waals surface area contributed by atoms with Crippen LogP contribution in [0.3, 0.4) is 0 Å². The standard InChI is InChI=1S/C19H16ClN3O2S/c20-15-5-9-17(10-6-15)26-13-18(24)21-22-19(25)14-3-7-16(8-4-14)23-11-1-2-12-23/h1-12H,13H2,(H,21,24)(H,22,25). The van der Waals surface area contributed by atoms with Gasteiger partial charge in [0.1, 0.15) is 0 Å². The Balaban J connectivity index is 1.47. The van der Waals surface area contributed by atoms with Gasteiger partial charge < -0.3 is 4.57 Å². The van der Waals surface area contributed by atoms with Crippen molar-refractivity contribution in [3.8, 4) is 5.69 Å². The molecule has 0 bridgehead atoms. The molecule has 0 atom stereocenters. The molecule has 1 aromatic heterocycles. The number of hydrogen-bond donors (Lipinski definition) is 2. The van der Waals surface area contributed by atoms with E-state index in [1.54, 1.807) is 24.3 Å². The first-order valence-electron chi connectivity index (χ1n) is 7.83. The molecule has 3 rings (SSSR count). The summed E-state index contributed by atoms with van der Waals surface area (Å²) in [5.74, 6) is -0.467. The van der Waals surface area contributed by atoms with E-state index in [2.05, 4.69) is 10.9 Å². The van der Waals surface area contributed by atoms with Crippen molar-refractivity contribution in [2.45, 2.75) is 4.90 Å². The van der Waals surface area contributed by atoms with E-state index >= 15 is 0 Å². The Bertz CT molecular complexity index is 878. The van der Waals surface area contributed by atoms with E-state index in [-0.39, 0.29) is 17.6 Å². The van der Waals surface area contributed by atoms with Gasteiger partial charge in [-0.25, -0.2) is 0 Å². The normalized spacial score (nSPS) is 10.3. The SMILES string of the molecule is O=C(CSc1ccc(Cl)cc1)NNC(=O)c1ccc(-n2cccc2)cc1. The molecule has 5 nitrogen and oxygen atoms in total. The molecule has 0 aliphatic heterocycles. The second kappa shape index (κ2) is 8.60. The predicted octanol–water partition coefficient (Wildman–Crippen LogP) is 3.68. The van der Waals surface area contributed by atoms with E-state index in [0.29, 0.717) is 10.6 Å². The van der Waals surface area contributed by atoms with Crippen molar-refractivity contribution < 1.29 is 9.59 Å². The average Bonchev–Trinajstić information content (AvgIpc) is 3.20. The Morgan fingerprint density at radius 3 is 2.23 bits per heavy atom. The molecule has 0 aliphatic carbocycles. The van der Waals surface area contributed by atoms with Crippen LogP contribution in [-0.4, -0.2) is 22.1 Å². The summed E-state index contributed by atoms with van der Waals surface area (Å²) >= 11 is 7.18. The third kappa shape index (κ3) is 4.91. The van der Waals surface area contributed by atoms with Crippen LogP contribution < -0.4 is 10.9 Å². The number of aromatic nitrogens is 1. The van der Waals surface area contributed by atoms with Gasteiger partial charge in [0.25, 0.3) is 5.91 Å². The molecule has 0 fully saturated rings. The van der Waals surface area contributed by atoms with Gasteiger partial charge in [-0.3, -0.25) is 20.4 Å². The summed E-state index contributed by atoms with van der Waals surface area (Å²) in [7, 11) is 0. The van der Waals surface area contributed by atoms with Crippen LogP contribution in [0.1, 0.15) is 10.4 Å². The molecule has 0 radical (unpaired) electrons. The molecular weight excluding hydrogens is 370 g/mol. The zero-order chi connectivity index (χ0) is 18.4. The summed E-state index contributed by atoms with van der Waals surface area (Å²) in [5, 5.41) is 0.647. The van der Waals surface area contributed by atoms with Gasteiger partial charge in [0, 0.05) is 33.6 Å². The number of hydrazine groups is 1. The Morgan fingerprint density at radius 1 is 0.923 bits per heavy atom. The maximum Gasteiger partial charge on any atom is 0.269 e. The van der Waals surface area contributed by atoms with Crippen LogP contribution in [0, 0.1) is 0 Å². The van der Waals surface area contributed by atoms with Crippen molar-refractivity contribution in [2.24, 2.45) is 0 Å². The number of hydrogen-bond acceptors (Lipinski definition) is 3. The molecule has 3 aromatic rings. The van der Waals surface area contributed by atoms with Crippen LogP contribution >= 0.6 is 23.4 Å². The van der Waals surface area contributed by atoms with Crippen LogP contribution in [0.2, 0.25) is 5.02 Å². The average molecular weight is 386 g/mol. The minimum atomic E-state index is -0.367. The molecule has 0 aliphatic rings. The molecule has 7 heteroatoms. The van der Waals surface area contributed by atoms with Crippen molar-refractivity contribution in [2.75, 3.05) is 5.75 Å². The first kappa shape index (κ1) is 18.1. The second-order valence-corrected chi connectivity index (χ2v) is 6.87. The maximum absolute atomic E-state index is 12.1. The van der Waals surface area contributed by atoms with Gasteiger partial charge in [-0.2, -0.15) is 0 Å². The van der Waals surface area contributed by atoms with Gasteiger partial charge in [-0.05, 0) is 60.7 Å². The van der Waals surface area contributed by atoms with Crippen LogP contribution in [-0.2, 0) is 4.79 Å². The molecule has 2 aromatic carbocycles. The molecule has 1 heterocycles. The van der Waals surface area contributed by atoms with E-state index in [4.69, 9.17) is 11.6 Å². The van der Waals surface area contributed by atoms with Gasteiger partial charge in [0.05, 0.1) is 5.75 Å². The first-order chi connectivity index (χ1) is 12.6. The fourth-order valence-corrected chi connectivity index (χ4v) is 3.03. The smallest absolute Gasteiger partial charge is 0.269 e. The minimum Gasteiger partial charge on any atom is -0.324 e. The largest absolute Gasteiger partial charge is 0.324 e. The Labute approximate surface area is 160 Å². The summed E-state index contributed by atoms with van der Waals surface area (Å²) < 4.78 is 1.94. The lowest BCUT2D eigenvalue weighted by Crippen LogP contribution is -2.42.